The van der Waals surface area contributed by atoms with Crippen LogP contribution in [0.3, 0.4) is 0 Å². The van der Waals surface area contributed by atoms with Crippen LogP contribution in [-0.2, 0) is 6.54 Å². The van der Waals surface area contributed by atoms with Crippen LogP contribution in [0.15, 0.2) is 41.9 Å². The van der Waals surface area contributed by atoms with Gasteiger partial charge in [0, 0.05) is 24.7 Å². The van der Waals surface area contributed by atoms with Gasteiger partial charge < -0.3 is 10.4 Å². The highest BCUT2D eigenvalue weighted by Gasteiger charge is 2.05. The van der Waals surface area contributed by atoms with Crippen molar-refractivity contribution >= 4 is 11.3 Å². The first kappa shape index (κ1) is 11.3. The van der Waals surface area contributed by atoms with E-state index in [1.54, 1.807) is 17.5 Å². The highest BCUT2D eigenvalue weighted by Crippen LogP contribution is 2.11. The molecule has 0 spiro atoms. The Kier molecular flexibility index (Phi) is 4.04. The van der Waals surface area contributed by atoms with Crippen LogP contribution in [0.1, 0.15) is 16.7 Å². The summed E-state index contributed by atoms with van der Waals surface area (Å²) in [6.45, 7) is 1.26. The summed E-state index contributed by atoms with van der Waals surface area (Å²) < 4.78 is 0. The summed E-state index contributed by atoms with van der Waals surface area (Å²) in [5, 5.41) is 16.0. The molecule has 4 heteroatoms. The third-order valence-corrected chi connectivity index (χ3v) is 3.06. The molecule has 16 heavy (non-hydrogen) atoms. The minimum Gasteiger partial charge on any atom is -0.387 e. The van der Waals surface area contributed by atoms with Crippen LogP contribution in [0.25, 0.3) is 0 Å². The molecule has 0 aliphatic heterocycles. The normalized spacial score (nSPS) is 12.6. The number of aromatic nitrogens is 1. The number of hydrogen-bond donors (Lipinski definition) is 2. The minimum atomic E-state index is -0.457. The molecule has 0 radical (unpaired) electrons. The zero-order valence-electron chi connectivity index (χ0n) is 8.84. The summed E-state index contributed by atoms with van der Waals surface area (Å²) in [5.74, 6) is 0. The highest BCUT2D eigenvalue weighted by atomic mass is 32.1. The van der Waals surface area contributed by atoms with Crippen LogP contribution in [0, 0.1) is 0 Å². The average molecular weight is 234 g/mol. The first-order chi connectivity index (χ1) is 7.86. The van der Waals surface area contributed by atoms with Crippen molar-refractivity contribution in [3.05, 3.63) is 52.5 Å². The van der Waals surface area contributed by atoms with Crippen molar-refractivity contribution in [2.75, 3.05) is 6.54 Å². The predicted octanol–water partition coefficient (Wildman–Crippen LogP) is 1.97. The quantitative estimate of drug-likeness (QED) is 0.831. The van der Waals surface area contributed by atoms with Gasteiger partial charge in [-0.05, 0) is 5.56 Å². The van der Waals surface area contributed by atoms with Gasteiger partial charge in [0.25, 0.3) is 0 Å². The zero-order valence-corrected chi connectivity index (χ0v) is 9.65. The Bertz CT molecular complexity index is 402. The summed E-state index contributed by atoms with van der Waals surface area (Å²) in [5.41, 5.74) is 0.939. The molecule has 1 unspecified atom stereocenters. The third-order valence-electron chi connectivity index (χ3n) is 2.28. The van der Waals surface area contributed by atoms with E-state index in [4.69, 9.17) is 0 Å². The standard InChI is InChI=1S/C12H14N2OS/c15-11(10-4-2-1-3-5-10)8-13-9-12-14-6-7-16-12/h1-7,11,13,15H,8-9H2. The first-order valence-electron chi connectivity index (χ1n) is 5.18. The number of aliphatic hydroxyl groups is 1. The highest BCUT2D eigenvalue weighted by molar-refractivity contribution is 7.09. The predicted molar refractivity (Wildman–Crippen MR) is 65.2 cm³/mol. The number of thiazole rings is 1. The van der Waals surface area contributed by atoms with E-state index < -0.39 is 6.10 Å². The van der Waals surface area contributed by atoms with Crippen LogP contribution in [-0.4, -0.2) is 16.6 Å². The van der Waals surface area contributed by atoms with E-state index in [9.17, 15) is 5.11 Å². The van der Waals surface area contributed by atoms with Gasteiger partial charge in [-0.1, -0.05) is 30.3 Å². The minimum absolute atomic E-state index is 0.457. The van der Waals surface area contributed by atoms with Crippen LogP contribution in [0.5, 0.6) is 0 Å². The van der Waals surface area contributed by atoms with Gasteiger partial charge in [0.1, 0.15) is 5.01 Å². The molecule has 2 rings (SSSR count). The van der Waals surface area contributed by atoms with Crippen molar-refractivity contribution in [3.8, 4) is 0 Å². The van der Waals surface area contributed by atoms with Crippen molar-refractivity contribution in [1.82, 2.24) is 10.3 Å². The van der Waals surface area contributed by atoms with Crippen molar-refractivity contribution < 1.29 is 5.11 Å². The smallest absolute Gasteiger partial charge is 0.106 e. The molecule has 0 aliphatic carbocycles. The molecule has 3 nitrogen and oxygen atoms in total. The number of nitrogens with one attached hydrogen (secondary N) is 1. The summed E-state index contributed by atoms with van der Waals surface area (Å²) in [4.78, 5) is 4.16. The largest absolute Gasteiger partial charge is 0.387 e. The van der Waals surface area contributed by atoms with Gasteiger partial charge >= 0.3 is 0 Å². The molecule has 2 N–H and O–H groups in total. The molecule has 0 saturated carbocycles. The van der Waals surface area contributed by atoms with Gasteiger partial charge in [0.2, 0.25) is 0 Å². The van der Waals surface area contributed by atoms with Gasteiger partial charge in [-0.3, -0.25) is 0 Å². The lowest BCUT2D eigenvalue weighted by molar-refractivity contribution is 0.174. The van der Waals surface area contributed by atoms with E-state index in [2.05, 4.69) is 10.3 Å². The van der Waals surface area contributed by atoms with E-state index >= 15 is 0 Å². The monoisotopic (exact) mass is 234 g/mol. The summed E-state index contributed by atoms with van der Waals surface area (Å²) in [6.07, 6.45) is 1.33. The number of benzene rings is 1. The van der Waals surface area contributed by atoms with Crippen LogP contribution >= 0.6 is 11.3 Å². The van der Waals surface area contributed by atoms with E-state index in [-0.39, 0.29) is 0 Å². The molecule has 1 atom stereocenters. The van der Waals surface area contributed by atoms with Crippen molar-refractivity contribution in [2.24, 2.45) is 0 Å². The topological polar surface area (TPSA) is 45.1 Å². The fourth-order valence-corrected chi connectivity index (χ4v) is 2.04. The van der Waals surface area contributed by atoms with Crippen LogP contribution in [0.4, 0.5) is 0 Å². The Morgan fingerprint density at radius 1 is 1.31 bits per heavy atom. The molecule has 2 aromatic rings. The Morgan fingerprint density at radius 2 is 2.12 bits per heavy atom. The molecule has 0 amide bonds. The molecule has 0 aliphatic rings. The maximum atomic E-state index is 9.87. The molecule has 1 aromatic carbocycles. The first-order valence-corrected chi connectivity index (χ1v) is 6.06. The van der Waals surface area contributed by atoms with E-state index in [1.165, 1.54) is 0 Å². The molecule has 1 aromatic heterocycles. The summed E-state index contributed by atoms with van der Waals surface area (Å²) in [7, 11) is 0. The van der Waals surface area contributed by atoms with E-state index in [0.29, 0.717) is 13.1 Å². The Morgan fingerprint density at radius 3 is 2.81 bits per heavy atom. The van der Waals surface area contributed by atoms with Gasteiger partial charge in [-0.15, -0.1) is 11.3 Å². The zero-order chi connectivity index (χ0) is 11.2. The van der Waals surface area contributed by atoms with Crippen molar-refractivity contribution in [2.45, 2.75) is 12.6 Å². The number of hydrogen-bond acceptors (Lipinski definition) is 4. The average Bonchev–Trinajstić information content (AvgIpc) is 2.83. The number of aliphatic hydroxyl groups excluding tert-OH is 1. The Balaban J connectivity index is 1.78. The second kappa shape index (κ2) is 5.75. The Labute approximate surface area is 98.8 Å². The van der Waals surface area contributed by atoms with E-state index in [0.717, 1.165) is 10.6 Å². The third kappa shape index (κ3) is 3.13. The number of rotatable bonds is 5. The van der Waals surface area contributed by atoms with E-state index in [1.807, 2.05) is 35.7 Å². The van der Waals surface area contributed by atoms with Crippen LogP contribution < -0.4 is 5.32 Å². The molecular formula is C12H14N2OS. The molecule has 0 bridgehead atoms. The lowest BCUT2D eigenvalue weighted by atomic mass is 10.1. The fourth-order valence-electron chi connectivity index (χ4n) is 1.45. The molecule has 0 fully saturated rings. The van der Waals surface area contributed by atoms with Crippen molar-refractivity contribution in [3.63, 3.8) is 0 Å². The van der Waals surface area contributed by atoms with Gasteiger partial charge in [-0.25, -0.2) is 4.98 Å². The second-order valence-corrected chi connectivity index (χ2v) is 4.46. The molecule has 0 saturated heterocycles. The van der Waals surface area contributed by atoms with Crippen molar-refractivity contribution in [1.29, 1.82) is 0 Å². The molecule has 1 heterocycles. The second-order valence-electron chi connectivity index (χ2n) is 3.48. The summed E-state index contributed by atoms with van der Waals surface area (Å²) in [6, 6.07) is 9.66. The maximum Gasteiger partial charge on any atom is 0.106 e. The SMILES string of the molecule is OC(CNCc1nccs1)c1ccccc1. The molecule has 84 valence electrons. The lowest BCUT2D eigenvalue weighted by Crippen LogP contribution is -2.20. The van der Waals surface area contributed by atoms with Gasteiger partial charge in [0.05, 0.1) is 6.10 Å². The lowest BCUT2D eigenvalue weighted by Gasteiger charge is -2.11. The van der Waals surface area contributed by atoms with Gasteiger partial charge in [0.15, 0.2) is 0 Å². The maximum absolute atomic E-state index is 9.87. The summed E-state index contributed by atoms with van der Waals surface area (Å²) >= 11 is 1.62. The number of nitrogens with zero attached hydrogens (tertiary/aromatic N) is 1. The van der Waals surface area contributed by atoms with Gasteiger partial charge in [-0.2, -0.15) is 0 Å². The van der Waals surface area contributed by atoms with Crippen LogP contribution in [0.2, 0.25) is 0 Å². The molecular weight excluding hydrogens is 220 g/mol. The fraction of sp³-hybridized carbons (Fsp3) is 0.250. The Hall–Kier alpha value is -1.23.